The molecule has 0 bridgehead atoms. The quantitative estimate of drug-likeness (QED) is 0.388. The minimum atomic E-state index is -2.87. The first kappa shape index (κ1) is 10.5. The van der Waals surface area contributed by atoms with Crippen molar-refractivity contribution in [1.82, 2.24) is 0 Å². The average molecular weight is 195 g/mol. The zero-order chi connectivity index (χ0) is 10.2. The Morgan fingerprint density at radius 3 is 2.23 bits per heavy atom. The first-order valence-corrected chi connectivity index (χ1v) is 3.74. The van der Waals surface area contributed by atoms with Crippen molar-refractivity contribution < 1.29 is 24.1 Å². The molecule has 1 aliphatic rings. The molecule has 76 valence electrons. The smallest absolute Gasteiger partial charge is 0.262 e. The summed E-state index contributed by atoms with van der Waals surface area (Å²) in [6.07, 6.45) is -6.79. The monoisotopic (exact) mass is 195 g/mol. The predicted molar refractivity (Wildman–Crippen MR) is 40.1 cm³/mol. The van der Waals surface area contributed by atoms with Gasteiger partial charge >= 0.3 is 0 Å². The summed E-state index contributed by atoms with van der Waals surface area (Å²) in [6, 6.07) is -1.07. The number of alkyl halides is 2. The van der Waals surface area contributed by atoms with E-state index in [1.54, 1.807) is 0 Å². The fraction of sp³-hybridized carbons (Fsp3) is 0.714. The lowest BCUT2D eigenvalue weighted by Crippen LogP contribution is -2.52. The Hall–Kier alpha value is -0.560. The summed E-state index contributed by atoms with van der Waals surface area (Å²) in [4.78, 5) is 0. The van der Waals surface area contributed by atoms with Crippen LogP contribution in [0.2, 0.25) is 0 Å². The number of hydrogen-bond acceptors (Lipinski definition) is 4. The third-order valence-corrected chi connectivity index (χ3v) is 2.05. The van der Waals surface area contributed by atoms with Gasteiger partial charge in [-0.15, -0.1) is 0 Å². The van der Waals surface area contributed by atoms with Gasteiger partial charge in [-0.05, 0) is 0 Å². The van der Waals surface area contributed by atoms with Gasteiger partial charge in [-0.3, -0.25) is 0 Å². The Morgan fingerprint density at radius 2 is 1.77 bits per heavy atom. The molecule has 6 heteroatoms. The standard InChI is InChI=1S/C7H11F2NO3/c8-7(9)2-1-3(10)5(12)6(13)4(2)11/h1,3-7,11-13H,10H2/t3?,4-,5+,6+/m1/s1. The fourth-order valence-corrected chi connectivity index (χ4v) is 1.23. The van der Waals surface area contributed by atoms with Crippen LogP contribution in [0, 0.1) is 0 Å². The van der Waals surface area contributed by atoms with E-state index >= 15 is 0 Å². The summed E-state index contributed by atoms with van der Waals surface area (Å²) >= 11 is 0. The highest BCUT2D eigenvalue weighted by Gasteiger charge is 2.38. The molecule has 0 saturated carbocycles. The van der Waals surface area contributed by atoms with E-state index in [9.17, 15) is 8.78 Å². The van der Waals surface area contributed by atoms with E-state index in [-0.39, 0.29) is 0 Å². The number of halogens is 2. The zero-order valence-corrected chi connectivity index (χ0v) is 6.64. The zero-order valence-electron chi connectivity index (χ0n) is 6.64. The summed E-state index contributed by atoms with van der Waals surface area (Å²) in [5.41, 5.74) is 4.59. The van der Waals surface area contributed by atoms with Gasteiger partial charge in [0, 0.05) is 5.57 Å². The number of hydrogen-bond donors (Lipinski definition) is 4. The van der Waals surface area contributed by atoms with E-state index < -0.39 is 36.4 Å². The average Bonchev–Trinajstić information content (AvgIpc) is 2.07. The largest absolute Gasteiger partial charge is 0.388 e. The highest BCUT2D eigenvalue weighted by molar-refractivity contribution is 5.22. The molecule has 4 atom stereocenters. The van der Waals surface area contributed by atoms with Crippen LogP contribution in [0.5, 0.6) is 0 Å². The van der Waals surface area contributed by atoms with Crippen LogP contribution >= 0.6 is 0 Å². The SMILES string of the molecule is NC1C=C(C(F)F)[C@@H](O)[C@H](O)[C@H]1O. The molecular weight excluding hydrogens is 184 g/mol. The first-order valence-electron chi connectivity index (χ1n) is 3.74. The molecule has 1 unspecified atom stereocenters. The summed E-state index contributed by atoms with van der Waals surface area (Å²) < 4.78 is 24.3. The summed E-state index contributed by atoms with van der Waals surface area (Å²) in [5.74, 6) is 0. The lowest BCUT2D eigenvalue weighted by Gasteiger charge is -2.32. The number of aliphatic hydroxyl groups excluding tert-OH is 3. The van der Waals surface area contributed by atoms with Crippen LogP contribution in [-0.2, 0) is 0 Å². The normalized spacial score (nSPS) is 40.7. The first-order chi connectivity index (χ1) is 5.95. The minimum absolute atomic E-state index is 0.634. The second-order valence-corrected chi connectivity index (χ2v) is 2.97. The second-order valence-electron chi connectivity index (χ2n) is 2.97. The van der Waals surface area contributed by atoms with Crippen molar-refractivity contribution >= 4 is 0 Å². The molecule has 0 aromatic carbocycles. The lowest BCUT2D eigenvalue weighted by molar-refractivity contribution is -0.0656. The van der Waals surface area contributed by atoms with E-state index in [1.165, 1.54) is 0 Å². The Bertz CT molecular complexity index is 222. The summed E-state index contributed by atoms with van der Waals surface area (Å²) in [7, 11) is 0. The third kappa shape index (κ3) is 1.86. The van der Waals surface area contributed by atoms with Crippen LogP contribution in [-0.4, -0.2) is 46.1 Å². The van der Waals surface area contributed by atoms with Crippen LogP contribution in [0.4, 0.5) is 8.78 Å². The Balaban J connectivity index is 2.91. The topological polar surface area (TPSA) is 86.7 Å². The van der Waals surface area contributed by atoms with E-state index in [0.717, 1.165) is 6.08 Å². The molecule has 0 aromatic rings. The van der Waals surface area contributed by atoms with Gasteiger partial charge in [0.25, 0.3) is 6.43 Å². The van der Waals surface area contributed by atoms with E-state index in [2.05, 4.69) is 0 Å². The molecule has 0 heterocycles. The Morgan fingerprint density at radius 1 is 1.23 bits per heavy atom. The van der Waals surface area contributed by atoms with Gasteiger partial charge in [0.2, 0.25) is 0 Å². The van der Waals surface area contributed by atoms with E-state index in [1.807, 2.05) is 0 Å². The van der Waals surface area contributed by atoms with Gasteiger partial charge in [-0.25, -0.2) is 8.78 Å². The highest BCUT2D eigenvalue weighted by Crippen LogP contribution is 2.23. The number of aliphatic hydroxyl groups is 3. The van der Waals surface area contributed by atoms with Crippen LogP contribution in [0.25, 0.3) is 0 Å². The minimum Gasteiger partial charge on any atom is -0.388 e. The van der Waals surface area contributed by atoms with Gasteiger partial charge in [-0.2, -0.15) is 0 Å². The predicted octanol–water partition coefficient (Wildman–Crippen LogP) is -1.40. The molecule has 0 spiro atoms. The van der Waals surface area contributed by atoms with Gasteiger partial charge in [0.1, 0.15) is 18.3 Å². The fourth-order valence-electron chi connectivity index (χ4n) is 1.23. The molecule has 0 aliphatic heterocycles. The molecule has 0 aromatic heterocycles. The molecule has 5 N–H and O–H groups in total. The van der Waals surface area contributed by atoms with Crippen molar-refractivity contribution in [3.63, 3.8) is 0 Å². The van der Waals surface area contributed by atoms with Gasteiger partial charge in [0.05, 0.1) is 6.04 Å². The highest BCUT2D eigenvalue weighted by atomic mass is 19.3. The molecule has 0 saturated heterocycles. The molecule has 1 aliphatic carbocycles. The third-order valence-electron chi connectivity index (χ3n) is 2.05. The number of rotatable bonds is 1. The van der Waals surface area contributed by atoms with E-state index in [4.69, 9.17) is 21.1 Å². The van der Waals surface area contributed by atoms with Crippen LogP contribution in [0.3, 0.4) is 0 Å². The van der Waals surface area contributed by atoms with Crippen molar-refractivity contribution in [2.75, 3.05) is 0 Å². The molecule has 0 radical (unpaired) electrons. The van der Waals surface area contributed by atoms with Crippen molar-refractivity contribution in [3.05, 3.63) is 11.6 Å². The van der Waals surface area contributed by atoms with Crippen LogP contribution in [0.15, 0.2) is 11.6 Å². The second kappa shape index (κ2) is 3.67. The maximum Gasteiger partial charge on any atom is 0.262 e. The molecule has 4 nitrogen and oxygen atoms in total. The number of nitrogens with two attached hydrogens (primary N) is 1. The van der Waals surface area contributed by atoms with Gasteiger partial charge in [0.15, 0.2) is 0 Å². The lowest BCUT2D eigenvalue weighted by atomic mass is 9.89. The van der Waals surface area contributed by atoms with Crippen molar-refractivity contribution in [1.29, 1.82) is 0 Å². The molecule has 1 rings (SSSR count). The summed E-state index contributed by atoms with van der Waals surface area (Å²) in [6.45, 7) is 0. The Kier molecular flexibility index (Phi) is 2.97. The van der Waals surface area contributed by atoms with Gasteiger partial charge < -0.3 is 21.1 Å². The molecular formula is C7H11F2NO3. The Labute approximate surface area is 73.3 Å². The van der Waals surface area contributed by atoms with Crippen LogP contribution in [0.1, 0.15) is 0 Å². The maximum absolute atomic E-state index is 12.2. The maximum atomic E-state index is 12.2. The van der Waals surface area contributed by atoms with Crippen molar-refractivity contribution in [2.45, 2.75) is 30.8 Å². The summed E-state index contributed by atoms with van der Waals surface area (Å²) in [5, 5.41) is 27.3. The van der Waals surface area contributed by atoms with Crippen LogP contribution < -0.4 is 5.73 Å². The molecule has 0 fully saturated rings. The van der Waals surface area contributed by atoms with Gasteiger partial charge in [-0.1, -0.05) is 6.08 Å². The van der Waals surface area contributed by atoms with Crippen molar-refractivity contribution in [2.24, 2.45) is 5.73 Å². The molecule has 13 heavy (non-hydrogen) atoms. The van der Waals surface area contributed by atoms with Crippen molar-refractivity contribution in [3.8, 4) is 0 Å². The molecule has 0 amide bonds. The van der Waals surface area contributed by atoms with E-state index in [0.29, 0.717) is 0 Å².